The van der Waals surface area contributed by atoms with Crippen LogP contribution in [0.1, 0.15) is 24.4 Å². The van der Waals surface area contributed by atoms with Crippen LogP contribution in [-0.2, 0) is 0 Å². The molecule has 112 valence electrons. The van der Waals surface area contributed by atoms with Crippen molar-refractivity contribution in [3.63, 3.8) is 0 Å². The van der Waals surface area contributed by atoms with E-state index in [0.29, 0.717) is 12.6 Å². The zero-order chi connectivity index (χ0) is 14.4. The Bertz CT molecular complexity index is 387. The second-order valence-electron chi connectivity index (χ2n) is 5.55. The molecular weight excluding hydrogens is 266 g/mol. The van der Waals surface area contributed by atoms with Crippen molar-refractivity contribution in [1.29, 1.82) is 0 Å². The molecule has 0 saturated carbocycles. The van der Waals surface area contributed by atoms with Gasteiger partial charge in [0.05, 0.1) is 0 Å². The molecule has 0 aliphatic carbocycles. The van der Waals surface area contributed by atoms with E-state index < -0.39 is 0 Å². The first-order valence-electron chi connectivity index (χ1n) is 7.51. The number of likely N-dealkylation sites (tertiary alicyclic amines) is 1. The van der Waals surface area contributed by atoms with Crippen LogP contribution in [-0.4, -0.2) is 55.8 Å². The molecule has 0 amide bonds. The van der Waals surface area contributed by atoms with Crippen molar-refractivity contribution >= 4 is 11.8 Å². The average molecular weight is 293 g/mol. The van der Waals surface area contributed by atoms with Crippen molar-refractivity contribution in [1.82, 2.24) is 9.80 Å². The second-order valence-corrected chi connectivity index (χ2v) is 6.43. The lowest BCUT2D eigenvalue weighted by molar-refractivity contribution is 0.209. The Morgan fingerprint density at radius 1 is 1.25 bits per heavy atom. The van der Waals surface area contributed by atoms with Gasteiger partial charge < -0.3 is 10.6 Å². The van der Waals surface area contributed by atoms with Crippen LogP contribution in [0.3, 0.4) is 0 Å². The Kier molecular flexibility index (Phi) is 6.36. The molecule has 1 saturated heterocycles. The van der Waals surface area contributed by atoms with E-state index in [-0.39, 0.29) is 0 Å². The number of nitrogens with two attached hydrogens (primary N) is 1. The van der Waals surface area contributed by atoms with E-state index in [2.05, 4.69) is 47.4 Å². The fourth-order valence-electron chi connectivity index (χ4n) is 2.86. The minimum absolute atomic E-state index is 0.327. The van der Waals surface area contributed by atoms with Crippen LogP contribution in [0.15, 0.2) is 29.2 Å². The van der Waals surface area contributed by atoms with Crippen molar-refractivity contribution in [2.45, 2.75) is 23.8 Å². The molecule has 1 aliphatic rings. The first-order chi connectivity index (χ1) is 9.74. The zero-order valence-electron chi connectivity index (χ0n) is 12.7. The average Bonchev–Trinajstić information content (AvgIpc) is 3.00. The molecule has 0 bridgehead atoms. The van der Waals surface area contributed by atoms with Crippen LogP contribution in [0.25, 0.3) is 0 Å². The van der Waals surface area contributed by atoms with Crippen molar-refractivity contribution in [2.75, 3.05) is 46.0 Å². The van der Waals surface area contributed by atoms with Crippen molar-refractivity contribution in [3.05, 3.63) is 29.8 Å². The lowest BCUT2D eigenvalue weighted by atomic mass is 10.1. The highest BCUT2D eigenvalue weighted by Gasteiger charge is 2.17. The van der Waals surface area contributed by atoms with Crippen molar-refractivity contribution < 1.29 is 0 Å². The third-order valence-corrected chi connectivity index (χ3v) is 4.97. The predicted molar refractivity (Wildman–Crippen MR) is 88.3 cm³/mol. The highest BCUT2D eigenvalue weighted by atomic mass is 32.2. The van der Waals surface area contributed by atoms with Gasteiger partial charge in [0.2, 0.25) is 0 Å². The van der Waals surface area contributed by atoms with Crippen LogP contribution >= 0.6 is 11.8 Å². The number of hydrogen-bond acceptors (Lipinski definition) is 4. The summed E-state index contributed by atoms with van der Waals surface area (Å²) in [5.41, 5.74) is 7.33. The standard InChI is InChI=1S/C16H27N3S/c1-18(11-12-19-9-3-4-10-19)16(13-17)14-5-7-15(20-2)8-6-14/h5-8,16H,3-4,9-13,17H2,1-2H3. The monoisotopic (exact) mass is 293 g/mol. The van der Waals surface area contributed by atoms with E-state index >= 15 is 0 Å². The van der Waals surface area contributed by atoms with Crippen LogP contribution in [0.4, 0.5) is 0 Å². The molecule has 1 atom stereocenters. The molecule has 1 aromatic carbocycles. The van der Waals surface area contributed by atoms with Gasteiger partial charge >= 0.3 is 0 Å². The molecule has 20 heavy (non-hydrogen) atoms. The van der Waals surface area contributed by atoms with Gasteiger partial charge in [0, 0.05) is 30.6 Å². The maximum atomic E-state index is 6.00. The fraction of sp³-hybridized carbons (Fsp3) is 0.625. The molecule has 3 nitrogen and oxygen atoms in total. The van der Waals surface area contributed by atoms with Crippen LogP contribution in [0.2, 0.25) is 0 Å². The third kappa shape index (κ3) is 4.22. The quantitative estimate of drug-likeness (QED) is 0.783. The number of thioether (sulfide) groups is 1. The summed E-state index contributed by atoms with van der Waals surface area (Å²) < 4.78 is 0. The van der Waals surface area contributed by atoms with E-state index in [1.54, 1.807) is 11.8 Å². The van der Waals surface area contributed by atoms with Gasteiger partial charge in [-0.25, -0.2) is 0 Å². The highest BCUT2D eigenvalue weighted by Crippen LogP contribution is 2.22. The second kappa shape index (κ2) is 8.03. The van der Waals surface area contributed by atoms with Gasteiger partial charge in [0.1, 0.15) is 0 Å². The fourth-order valence-corrected chi connectivity index (χ4v) is 3.27. The molecule has 0 aromatic heterocycles. The molecule has 1 aliphatic heterocycles. The SMILES string of the molecule is CSc1ccc(C(CN)N(C)CCN2CCCC2)cc1. The van der Waals surface area contributed by atoms with Crippen molar-refractivity contribution in [2.24, 2.45) is 5.73 Å². The lowest BCUT2D eigenvalue weighted by Gasteiger charge is -2.29. The van der Waals surface area contributed by atoms with Crippen LogP contribution in [0, 0.1) is 0 Å². The van der Waals surface area contributed by atoms with Gasteiger partial charge in [-0.3, -0.25) is 4.90 Å². The summed E-state index contributed by atoms with van der Waals surface area (Å²) in [4.78, 5) is 6.26. The number of nitrogens with zero attached hydrogens (tertiary/aromatic N) is 2. The summed E-state index contributed by atoms with van der Waals surface area (Å²) >= 11 is 1.78. The smallest absolute Gasteiger partial charge is 0.0467 e. The summed E-state index contributed by atoms with van der Waals surface area (Å²) in [6, 6.07) is 9.15. The number of hydrogen-bond donors (Lipinski definition) is 1. The van der Waals surface area contributed by atoms with Gasteiger partial charge in [-0.2, -0.15) is 0 Å². The third-order valence-electron chi connectivity index (χ3n) is 4.22. The number of likely N-dealkylation sites (N-methyl/N-ethyl adjacent to an activating group) is 1. The Hall–Kier alpha value is -0.550. The van der Waals surface area contributed by atoms with E-state index in [4.69, 9.17) is 5.73 Å². The van der Waals surface area contributed by atoms with Crippen LogP contribution in [0.5, 0.6) is 0 Å². The minimum atomic E-state index is 0.327. The number of benzene rings is 1. The van der Waals surface area contributed by atoms with Gasteiger partial charge in [0.15, 0.2) is 0 Å². The molecule has 0 radical (unpaired) electrons. The lowest BCUT2D eigenvalue weighted by Crippen LogP contribution is -2.36. The Labute approximate surface area is 127 Å². The van der Waals surface area contributed by atoms with E-state index in [9.17, 15) is 0 Å². The normalized spacial score (nSPS) is 17.8. The van der Waals surface area contributed by atoms with Crippen LogP contribution < -0.4 is 5.73 Å². The molecule has 4 heteroatoms. The molecule has 2 rings (SSSR count). The topological polar surface area (TPSA) is 32.5 Å². The summed E-state index contributed by atoms with van der Waals surface area (Å²) in [5, 5.41) is 0. The van der Waals surface area contributed by atoms with E-state index in [1.807, 2.05) is 0 Å². The molecular formula is C16H27N3S. The first-order valence-corrected chi connectivity index (χ1v) is 8.73. The van der Waals surface area contributed by atoms with Crippen molar-refractivity contribution in [3.8, 4) is 0 Å². The predicted octanol–water partition coefficient (Wildman–Crippen LogP) is 2.44. The summed E-state index contributed by atoms with van der Waals surface area (Å²) in [6.45, 7) is 5.46. The maximum Gasteiger partial charge on any atom is 0.0467 e. The molecule has 1 unspecified atom stereocenters. The molecule has 1 aromatic rings. The molecule has 1 heterocycles. The Morgan fingerprint density at radius 2 is 1.90 bits per heavy atom. The number of rotatable bonds is 7. The molecule has 0 spiro atoms. The van der Waals surface area contributed by atoms with Gasteiger partial charge in [-0.05, 0) is 56.9 Å². The minimum Gasteiger partial charge on any atom is -0.329 e. The Balaban J connectivity index is 1.91. The summed E-state index contributed by atoms with van der Waals surface area (Å²) in [5.74, 6) is 0. The zero-order valence-corrected chi connectivity index (χ0v) is 13.5. The van der Waals surface area contributed by atoms with E-state index in [1.165, 1.54) is 36.4 Å². The summed E-state index contributed by atoms with van der Waals surface area (Å²) in [6.07, 6.45) is 4.83. The van der Waals surface area contributed by atoms with Gasteiger partial charge in [0.25, 0.3) is 0 Å². The first kappa shape index (κ1) is 15.8. The largest absolute Gasteiger partial charge is 0.329 e. The van der Waals surface area contributed by atoms with Gasteiger partial charge in [-0.1, -0.05) is 12.1 Å². The maximum absolute atomic E-state index is 6.00. The molecule has 1 fully saturated rings. The Morgan fingerprint density at radius 3 is 2.45 bits per heavy atom. The van der Waals surface area contributed by atoms with E-state index in [0.717, 1.165) is 13.1 Å². The highest BCUT2D eigenvalue weighted by molar-refractivity contribution is 7.98. The molecule has 2 N–H and O–H groups in total. The summed E-state index contributed by atoms with van der Waals surface area (Å²) in [7, 11) is 2.19. The van der Waals surface area contributed by atoms with Gasteiger partial charge in [-0.15, -0.1) is 11.8 Å².